The molecule has 52 valence electrons. The fourth-order valence-corrected chi connectivity index (χ4v) is 1.15. The molecule has 1 rings (SSSR count). The second-order valence-electron chi connectivity index (χ2n) is 2.26. The Morgan fingerprint density at radius 1 is 1.78 bits per heavy atom. The number of hydrogen-bond acceptors (Lipinski definition) is 3. The van der Waals surface area contributed by atoms with Crippen LogP contribution in [0.15, 0.2) is 12.3 Å². The molecule has 0 fully saturated rings. The van der Waals surface area contributed by atoms with E-state index in [1.54, 1.807) is 0 Å². The maximum Gasteiger partial charge on any atom is 0.0542 e. The molecule has 3 N–H and O–H groups in total. The molecule has 0 radical (unpaired) electrons. The smallest absolute Gasteiger partial charge is 0.0542 e. The van der Waals surface area contributed by atoms with Crippen LogP contribution < -0.4 is 11.1 Å². The quantitative estimate of drug-likeness (QED) is 0.366. The zero-order valence-corrected chi connectivity index (χ0v) is 6.14. The summed E-state index contributed by atoms with van der Waals surface area (Å²) in [4.78, 5) is 0. The summed E-state index contributed by atoms with van der Waals surface area (Å²) in [5.74, 6) is 0.453. The summed E-state index contributed by atoms with van der Waals surface area (Å²) in [6.07, 6.45) is 5.12. The highest BCUT2D eigenvalue weighted by Crippen LogP contribution is 2.13. The van der Waals surface area contributed by atoms with Crippen molar-refractivity contribution in [3.05, 3.63) is 12.3 Å². The van der Waals surface area contributed by atoms with Crippen molar-refractivity contribution in [2.75, 3.05) is 6.54 Å². The highest BCUT2D eigenvalue weighted by molar-refractivity contribution is 7.80. The van der Waals surface area contributed by atoms with Crippen LogP contribution in [0.5, 0.6) is 0 Å². The first-order valence-electron chi connectivity index (χ1n) is 3.14. The van der Waals surface area contributed by atoms with Crippen LogP contribution in [-0.4, -0.2) is 11.9 Å². The maximum atomic E-state index is 5.55. The lowest BCUT2D eigenvalue weighted by Gasteiger charge is -2.19. The standard InChI is InChI=1S/C6H12N2S/c7-6(9)5-1-3-8-4-2-5/h1,3,5-6,8-9H,2,4,7H2/t5?,6-/m1/s1. The van der Waals surface area contributed by atoms with E-state index in [-0.39, 0.29) is 5.37 Å². The van der Waals surface area contributed by atoms with Crippen LogP contribution >= 0.6 is 12.6 Å². The minimum Gasteiger partial charge on any atom is -0.391 e. The molecule has 1 aliphatic heterocycles. The van der Waals surface area contributed by atoms with Crippen molar-refractivity contribution in [3.8, 4) is 0 Å². The summed E-state index contributed by atoms with van der Waals surface area (Å²) in [6.45, 7) is 1.02. The first-order chi connectivity index (χ1) is 4.30. The SMILES string of the molecule is N[C@H](S)C1C=CNCC1. The van der Waals surface area contributed by atoms with Crippen molar-refractivity contribution in [2.24, 2.45) is 11.7 Å². The fraction of sp³-hybridized carbons (Fsp3) is 0.667. The highest BCUT2D eigenvalue weighted by Gasteiger charge is 2.11. The van der Waals surface area contributed by atoms with Gasteiger partial charge in [0, 0.05) is 12.5 Å². The normalized spacial score (nSPS) is 29.3. The first-order valence-corrected chi connectivity index (χ1v) is 3.66. The molecular weight excluding hydrogens is 132 g/mol. The monoisotopic (exact) mass is 144 g/mol. The molecule has 3 heteroatoms. The van der Waals surface area contributed by atoms with Crippen molar-refractivity contribution < 1.29 is 0 Å². The third-order valence-corrected chi connectivity index (χ3v) is 1.90. The minimum atomic E-state index is 0.00310. The predicted octanol–water partition coefficient (Wildman–Crippen LogP) is 0.324. The highest BCUT2D eigenvalue weighted by atomic mass is 32.1. The van der Waals surface area contributed by atoms with E-state index in [2.05, 4.69) is 24.0 Å². The van der Waals surface area contributed by atoms with Crippen LogP contribution in [0.2, 0.25) is 0 Å². The zero-order chi connectivity index (χ0) is 6.69. The second-order valence-corrected chi connectivity index (χ2v) is 2.85. The van der Waals surface area contributed by atoms with E-state index < -0.39 is 0 Å². The van der Waals surface area contributed by atoms with Crippen LogP contribution in [-0.2, 0) is 0 Å². The van der Waals surface area contributed by atoms with Gasteiger partial charge in [0.15, 0.2) is 0 Å². The Bertz CT molecular complexity index is 112. The van der Waals surface area contributed by atoms with Crippen molar-refractivity contribution in [1.82, 2.24) is 5.32 Å². The van der Waals surface area contributed by atoms with E-state index in [1.807, 2.05) is 6.20 Å². The average molecular weight is 144 g/mol. The molecule has 9 heavy (non-hydrogen) atoms. The van der Waals surface area contributed by atoms with Gasteiger partial charge in [0.05, 0.1) is 5.37 Å². The topological polar surface area (TPSA) is 38.0 Å². The summed E-state index contributed by atoms with van der Waals surface area (Å²) >= 11 is 4.14. The van der Waals surface area contributed by atoms with Crippen molar-refractivity contribution in [1.29, 1.82) is 0 Å². The van der Waals surface area contributed by atoms with Crippen LogP contribution in [0.4, 0.5) is 0 Å². The van der Waals surface area contributed by atoms with E-state index >= 15 is 0 Å². The Labute approximate surface area is 60.9 Å². The van der Waals surface area contributed by atoms with Crippen LogP contribution in [0.3, 0.4) is 0 Å². The van der Waals surface area contributed by atoms with Gasteiger partial charge in [-0.05, 0) is 12.6 Å². The Kier molecular flexibility index (Phi) is 2.42. The second kappa shape index (κ2) is 3.13. The molecule has 2 nitrogen and oxygen atoms in total. The van der Waals surface area contributed by atoms with E-state index in [0.717, 1.165) is 13.0 Å². The zero-order valence-electron chi connectivity index (χ0n) is 5.25. The molecule has 0 bridgehead atoms. The van der Waals surface area contributed by atoms with Gasteiger partial charge in [-0.3, -0.25) is 0 Å². The largest absolute Gasteiger partial charge is 0.391 e. The molecule has 0 aromatic carbocycles. The lowest BCUT2D eigenvalue weighted by molar-refractivity contribution is 0.535. The van der Waals surface area contributed by atoms with Crippen LogP contribution in [0.25, 0.3) is 0 Å². The molecule has 1 aliphatic rings. The number of nitrogens with one attached hydrogen (secondary N) is 1. The van der Waals surface area contributed by atoms with Crippen LogP contribution in [0.1, 0.15) is 6.42 Å². The fourth-order valence-electron chi connectivity index (χ4n) is 0.906. The van der Waals surface area contributed by atoms with Gasteiger partial charge in [0.1, 0.15) is 0 Å². The Hall–Kier alpha value is -0.150. The number of hydrogen-bond donors (Lipinski definition) is 3. The molecule has 0 saturated heterocycles. The molecule has 1 unspecified atom stereocenters. The Morgan fingerprint density at radius 2 is 2.56 bits per heavy atom. The minimum absolute atomic E-state index is 0.00310. The molecule has 2 atom stereocenters. The lowest BCUT2D eigenvalue weighted by Crippen LogP contribution is -2.28. The van der Waals surface area contributed by atoms with E-state index in [1.165, 1.54) is 0 Å². The molecule has 0 aromatic rings. The summed E-state index contributed by atoms with van der Waals surface area (Å²) in [6, 6.07) is 0. The molecule has 0 spiro atoms. The summed E-state index contributed by atoms with van der Waals surface area (Å²) < 4.78 is 0. The van der Waals surface area contributed by atoms with Gasteiger partial charge in [0.25, 0.3) is 0 Å². The van der Waals surface area contributed by atoms with E-state index in [9.17, 15) is 0 Å². The van der Waals surface area contributed by atoms with E-state index in [4.69, 9.17) is 5.73 Å². The summed E-state index contributed by atoms with van der Waals surface area (Å²) in [5.41, 5.74) is 5.55. The maximum absolute atomic E-state index is 5.55. The Balaban J connectivity index is 2.40. The summed E-state index contributed by atoms with van der Waals surface area (Å²) in [7, 11) is 0. The van der Waals surface area contributed by atoms with E-state index in [0.29, 0.717) is 5.92 Å². The third kappa shape index (κ3) is 1.91. The van der Waals surface area contributed by atoms with Gasteiger partial charge >= 0.3 is 0 Å². The van der Waals surface area contributed by atoms with Crippen molar-refractivity contribution >= 4 is 12.6 Å². The first kappa shape index (κ1) is 6.96. The summed E-state index contributed by atoms with van der Waals surface area (Å²) in [5, 5.41) is 3.10. The number of nitrogens with two attached hydrogens (primary N) is 1. The van der Waals surface area contributed by atoms with Gasteiger partial charge in [-0.2, -0.15) is 12.6 Å². The third-order valence-electron chi connectivity index (χ3n) is 1.52. The van der Waals surface area contributed by atoms with Gasteiger partial charge in [-0.15, -0.1) is 0 Å². The van der Waals surface area contributed by atoms with Gasteiger partial charge in [0.2, 0.25) is 0 Å². The van der Waals surface area contributed by atoms with Crippen molar-refractivity contribution in [2.45, 2.75) is 11.8 Å². The number of thiol groups is 1. The van der Waals surface area contributed by atoms with Gasteiger partial charge in [-0.25, -0.2) is 0 Å². The molecular formula is C6H12N2S. The Morgan fingerprint density at radius 3 is 2.89 bits per heavy atom. The van der Waals surface area contributed by atoms with Gasteiger partial charge in [-0.1, -0.05) is 6.08 Å². The van der Waals surface area contributed by atoms with Gasteiger partial charge < -0.3 is 11.1 Å². The molecule has 0 aromatic heterocycles. The molecule has 1 heterocycles. The van der Waals surface area contributed by atoms with Crippen LogP contribution in [0, 0.1) is 5.92 Å². The molecule has 0 aliphatic carbocycles. The molecule has 0 saturated carbocycles. The van der Waals surface area contributed by atoms with Crippen molar-refractivity contribution in [3.63, 3.8) is 0 Å². The number of rotatable bonds is 1. The lowest BCUT2D eigenvalue weighted by atomic mass is 10.0. The average Bonchev–Trinajstić information content (AvgIpc) is 1.90. The predicted molar refractivity (Wildman–Crippen MR) is 42.2 cm³/mol. The molecule has 0 amide bonds.